The van der Waals surface area contributed by atoms with Gasteiger partial charge in [0.05, 0.1) is 12.7 Å². The lowest BCUT2D eigenvalue weighted by molar-refractivity contribution is 0.0256. The highest BCUT2D eigenvalue weighted by Gasteiger charge is 2.38. The highest BCUT2D eigenvalue weighted by molar-refractivity contribution is 5.37. The van der Waals surface area contributed by atoms with Crippen LogP contribution in [0.2, 0.25) is 0 Å². The number of halogens is 2. The zero-order chi connectivity index (χ0) is 9.31. The molecule has 1 saturated heterocycles. The molecule has 1 aromatic rings. The number of aromatic nitrogens is 2. The fourth-order valence-corrected chi connectivity index (χ4v) is 1.39. The molecule has 0 radical (unpaired) electrons. The SMILES string of the molecule is FC1(F)CCN(c2cnccn2)C1. The molecular weight excluding hydrogens is 176 g/mol. The van der Waals surface area contributed by atoms with E-state index in [2.05, 4.69) is 9.97 Å². The van der Waals surface area contributed by atoms with E-state index in [1.165, 1.54) is 18.6 Å². The molecule has 0 aromatic carbocycles. The van der Waals surface area contributed by atoms with Crippen LogP contribution < -0.4 is 4.90 Å². The molecule has 0 amide bonds. The minimum atomic E-state index is -2.57. The molecule has 70 valence electrons. The number of anilines is 1. The van der Waals surface area contributed by atoms with Crippen LogP contribution in [0.4, 0.5) is 14.6 Å². The van der Waals surface area contributed by atoms with Crippen molar-refractivity contribution < 1.29 is 8.78 Å². The highest BCUT2D eigenvalue weighted by Crippen LogP contribution is 2.29. The molecule has 0 atom stereocenters. The summed E-state index contributed by atoms with van der Waals surface area (Å²) in [6.07, 6.45) is 4.44. The van der Waals surface area contributed by atoms with E-state index in [1.807, 2.05) is 0 Å². The van der Waals surface area contributed by atoms with Crippen LogP contribution in [0.25, 0.3) is 0 Å². The molecule has 2 heterocycles. The van der Waals surface area contributed by atoms with Gasteiger partial charge in [-0.25, -0.2) is 13.8 Å². The van der Waals surface area contributed by atoms with Crippen molar-refractivity contribution in [1.82, 2.24) is 9.97 Å². The summed E-state index contributed by atoms with van der Waals surface area (Å²) in [4.78, 5) is 9.33. The second-order valence-corrected chi connectivity index (χ2v) is 3.09. The van der Waals surface area contributed by atoms with E-state index in [0.29, 0.717) is 12.4 Å². The average molecular weight is 185 g/mol. The molecule has 0 spiro atoms. The lowest BCUT2D eigenvalue weighted by Crippen LogP contribution is -2.25. The molecule has 0 aliphatic carbocycles. The van der Waals surface area contributed by atoms with Gasteiger partial charge in [0.15, 0.2) is 0 Å². The van der Waals surface area contributed by atoms with E-state index < -0.39 is 5.92 Å². The van der Waals surface area contributed by atoms with Gasteiger partial charge < -0.3 is 4.90 Å². The normalized spacial score (nSPS) is 20.6. The summed E-state index contributed by atoms with van der Waals surface area (Å²) >= 11 is 0. The number of rotatable bonds is 1. The van der Waals surface area contributed by atoms with Crippen LogP contribution in [0.1, 0.15) is 6.42 Å². The monoisotopic (exact) mass is 185 g/mol. The van der Waals surface area contributed by atoms with E-state index in [0.717, 1.165) is 0 Å². The smallest absolute Gasteiger partial charge is 0.266 e. The molecule has 1 aliphatic rings. The first-order valence-electron chi connectivity index (χ1n) is 4.06. The molecular formula is C8H9F2N3. The summed E-state index contributed by atoms with van der Waals surface area (Å²) in [5.41, 5.74) is 0. The van der Waals surface area contributed by atoms with Gasteiger partial charge in [0, 0.05) is 25.4 Å². The Bertz CT molecular complexity index is 289. The van der Waals surface area contributed by atoms with Gasteiger partial charge in [-0.2, -0.15) is 0 Å². The Morgan fingerprint density at radius 1 is 1.38 bits per heavy atom. The topological polar surface area (TPSA) is 29.0 Å². The van der Waals surface area contributed by atoms with Crippen molar-refractivity contribution in [2.24, 2.45) is 0 Å². The van der Waals surface area contributed by atoms with Gasteiger partial charge in [-0.15, -0.1) is 0 Å². The van der Waals surface area contributed by atoms with Crippen molar-refractivity contribution in [3.8, 4) is 0 Å². The summed E-state index contributed by atoms with van der Waals surface area (Å²) in [6, 6.07) is 0. The molecule has 3 nitrogen and oxygen atoms in total. The summed E-state index contributed by atoms with van der Waals surface area (Å²) in [5, 5.41) is 0. The predicted molar refractivity (Wildman–Crippen MR) is 43.8 cm³/mol. The van der Waals surface area contributed by atoms with E-state index in [4.69, 9.17) is 0 Å². The summed E-state index contributed by atoms with van der Waals surface area (Å²) in [6.45, 7) is 0.109. The minimum absolute atomic E-state index is 0.0937. The Labute approximate surface area is 74.4 Å². The van der Waals surface area contributed by atoms with Crippen LogP contribution in [0.3, 0.4) is 0 Å². The zero-order valence-corrected chi connectivity index (χ0v) is 6.95. The number of nitrogens with zero attached hydrogens (tertiary/aromatic N) is 3. The third-order valence-corrected chi connectivity index (χ3v) is 2.04. The van der Waals surface area contributed by atoms with Crippen LogP contribution >= 0.6 is 0 Å². The Balaban J connectivity index is 2.13. The third kappa shape index (κ3) is 1.74. The number of hydrogen-bond donors (Lipinski definition) is 0. The molecule has 0 bridgehead atoms. The van der Waals surface area contributed by atoms with Gasteiger partial charge in [0.2, 0.25) is 0 Å². The van der Waals surface area contributed by atoms with Crippen molar-refractivity contribution in [3.63, 3.8) is 0 Å². The van der Waals surface area contributed by atoms with Crippen LogP contribution in [-0.2, 0) is 0 Å². The maximum Gasteiger partial charge on any atom is 0.266 e. The molecule has 0 N–H and O–H groups in total. The van der Waals surface area contributed by atoms with E-state index >= 15 is 0 Å². The molecule has 2 rings (SSSR count). The van der Waals surface area contributed by atoms with Crippen molar-refractivity contribution in [2.45, 2.75) is 12.3 Å². The molecule has 5 heteroatoms. The van der Waals surface area contributed by atoms with E-state index in [-0.39, 0.29) is 13.0 Å². The Hall–Kier alpha value is -1.26. The van der Waals surface area contributed by atoms with Crippen molar-refractivity contribution >= 4 is 5.82 Å². The van der Waals surface area contributed by atoms with Crippen LogP contribution in [0, 0.1) is 0 Å². The van der Waals surface area contributed by atoms with Crippen LogP contribution in [-0.4, -0.2) is 29.0 Å². The lowest BCUT2D eigenvalue weighted by Gasteiger charge is -2.15. The van der Waals surface area contributed by atoms with Crippen LogP contribution in [0.15, 0.2) is 18.6 Å². The van der Waals surface area contributed by atoms with Crippen molar-refractivity contribution in [2.75, 3.05) is 18.0 Å². The molecule has 1 aromatic heterocycles. The van der Waals surface area contributed by atoms with Crippen molar-refractivity contribution in [1.29, 1.82) is 0 Å². The molecule has 13 heavy (non-hydrogen) atoms. The van der Waals surface area contributed by atoms with Crippen LogP contribution in [0.5, 0.6) is 0 Å². The molecule has 0 unspecified atom stereocenters. The van der Waals surface area contributed by atoms with Gasteiger partial charge in [-0.1, -0.05) is 0 Å². The predicted octanol–water partition coefficient (Wildman–Crippen LogP) is 1.32. The lowest BCUT2D eigenvalue weighted by atomic mass is 10.3. The first-order chi connectivity index (χ1) is 6.17. The molecule has 0 saturated carbocycles. The minimum Gasteiger partial charge on any atom is -0.349 e. The van der Waals surface area contributed by atoms with Gasteiger partial charge in [0.1, 0.15) is 5.82 Å². The maximum atomic E-state index is 12.8. The van der Waals surface area contributed by atoms with Gasteiger partial charge in [0.25, 0.3) is 5.92 Å². The third-order valence-electron chi connectivity index (χ3n) is 2.04. The number of alkyl halides is 2. The zero-order valence-electron chi connectivity index (χ0n) is 6.95. The average Bonchev–Trinajstić information content (AvgIpc) is 2.48. The maximum absolute atomic E-state index is 12.8. The standard InChI is InChI=1S/C8H9F2N3/c9-8(10)1-4-13(6-8)7-5-11-2-3-12-7/h2-3,5H,1,4,6H2. The highest BCUT2D eigenvalue weighted by atomic mass is 19.3. The summed E-state index contributed by atoms with van der Waals surface area (Å²) < 4.78 is 25.6. The first-order valence-corrected chi connectivity index (χ1v) is 4.06. The van der Waals surface area contributed by atoms with E-state index in [1.54, 1.807) is 4.90 Å². The summed E-state index contributed by atoms with van der Waals surface area (Å²) in [7, 11) is 0. The van der Waals surface area contributed by atoms with Gasteiger partial charge >= 0.3 is 0 Å². The molecule has 1 aliphatic heterocycles. The second kappa shape index (κ2) is 2.90. The summed E-state index contributed by atoms with van der Waals surface area (Å²) in [5.74, 6) is -2.04. The fraction of sp³-hybridized carbons (Fsp3) is 0.500. The largest absolute Gasteiger partial charge is 0.349 e. The quantitative estimate of drug-likeness (QED) is 0.660. The number of hydrogen-bond acceptors (Lipinski definition) is 3. The first kappa shape index (κ1) is 8.34. The fourth-order valence-electron chi connectivity index (χ4n) is 1.39. The Morgan fingerprint density at radius 2 is 2.23 bits per heavy atom. The second-order valence-electron chi connectivity index (χ2n) is 3.09. The van der Waals surface area contributed by atoms with Crippen molar-refractivity contribution in [3.05, 3.63) is 18.6 Å². The van der Waals surface area contributed by atoms with Gasteiger partial charge in [-0.3, -0.25) is 4.98 Å². The van der Waals surface area contributed by atoms with E-state index in [9.17, 15) is 8.78 Å². The Kier molecular flexibility index (Phi) is 1.86. The van der Waals surface area contributed by atoms with Gasteiger partial charge in [-0.05, 0) is 0 Å². The molecule has 1 fully saturated rings. The Morgan fingerprint density at radius 3 is 2.77 bits per heavy atom.